The molecule has 0 saturated carbocycles. The van der Waals surface area contributed by atoms with Crippen LogP contribution in [-0.4, -0.2) is 34.6 Å². The van der Waals surface area contributed by atoms with Gasteiger partial charge in [0.05, 0.1) is 17.8 Å². The van der Waals surface area contributed by atoms with Crippen LogP contribution in [0.4, 0.5) is 5.82 Å². The van der Waals surface area contributed by atoms with Crippen LogP contribution < -0.4 is 0 Å². The van der Waals surface area contributed by atoms with Crippen LogP contribution in [-0.2, 0) is 15.6 Å². The monoisotopic (exact) mass is 299 g/mol. The van der Waals surface area contributed by atoms with E-state index in [0.29, 0.717) is 12.3 Å². The van der Waals surface area contributed by atoms with E-state index in [9.17, 15) is 18.5 Å². The standard InChI is InChI=1S/C7H10ClN3O4S2/c1-2-16-4-3-10-5-6(17(8,14)15)7(9-10)11(12)13/h5H,2-4H2,1H3. The molecule has 96 valence electrons. The minimum absolute atomic E-state index is 0.395. The highest BCUT2D eigenvalue weighted by molar-refractivity contribution is 8.13. The van der Waals surface area contributed by atoms with Crippen LogP contribution in [0.5, 0.6) is 0 Å². The Morgan fingerprint density at radius 2 is 2.29 bits per heavy atom. The van der Waals surface area contributed by atoms with Crippen LogP contribution in [0.3, 0.4) is 0 Å². The van der Waals surface area contributed by atoms with Crippen LogP contribution in [0.2, 0.25) is 0 Å². The number of aryl methyl sites for hydroxylation is 1. The van der Waals surface area contributed by atoms with E-state index in [2.05, 4.69) is 5.10 Å². The molecule has 0 aliphatic heterocycles. The van der Waals surface area contributed by atoms with Gasteiger partial charge in [-0.05, 0) is 10.7 Å². The number of aromatic nitrogens is 2. The molecule has 0 atom stereocenters. The molecule has 0 amide bonds. The van der Waals surface area contributed by atoms with Gasteiger partial charge in [-0.15, -0.1) is 0 Å². The highest BCUT2D eigenvalue weighted by atomic mass is 35.7. The predicted molar refractivity (Wildman–Crippen MR) is 64.9 cm³/mol. The van der Waals surface area contributed by atoms with E-state index >= 15 is 0 Å². The lowest BCUT2D eigenvalue weighted by atomic mass is 10.6. The summed E-state index contributed by atoms with van der Waals surface area (Å²) in [4.78, 5) is 9.19. The molecule has 0 aliphatic carbocycles. The van der Waals surface area contributed by atoms with Crippen LogP contribution >= 0.6 is 22.4 Å². The van der Waals surface area contributed by atoms with Gasteiger partial charge in [-0.2, -0.15) is 16.4 Å². The van der Waals surface area contributed by atoms with Crippen molar-refractivity contribution in [3.8, 4) is 0 Å². The smallest absolute Gasteiger partial charge is 0.358 e. The molecular formula is C7H10ClN3O4S2. The first-order valence-corrected chi connectivity index (χ1v) is 8.07. The predicted octanol–water partition coefficient (Wildman–Crippen LogP) is 1.47. The third-order valence-electron chi connectivity index (χ3n) is 1.81. The summed E-state index contributed by atoms with van der Waals surface area (Å²) in [5, 5.41) is 14.2. The van der Waals surface area contributed by atoms with Gasteiger partial charge in [0.25, 0.3) is 9.05 Å². The third-order valence-corrected chi connectivity index (χ3v) is 4.01. The Hall–Kier alpha value is -0.800. The van der Waals surface area contributed by atoms with Crippen molar-refractivity contribution in [2.75, 3.05) is 11.5 Å². The summed E-state index contributed by atoms with van der Waals surface area (Å²) in [5.41, 5.74) is 0. The molecule has 0 bridgehead atoms. The van der Waals surface area contributed by atoms with Gasteiger partial charge >= 0.3 is 5.82 Å². The number of halogens is 1. The molecular weight excluding hydrogens is 290 g/mol. The second kappa shape index (κ2) is 5.69. The van der Waals surface area contributed by atoms with Gasteiger partial charge in [-0.1, -0.05) is 6.92 Å². The van der Waals surface area contributed by atoms with Gasteiger partial charge in [-0.25, -0.2) is 8.42 Å². The molecule has 10 heteroatoms. The normalized spacial score (nSPS) is 11.6. The topological polar surface area (TPSA) is 95.1 Å². The molecule has 1 rings (SSSR count). The van der Waals surface area contributed by atoms with Gasteiger partial charge in [0.15, 0.2) is 0 Å². The SMILES string of the molecule is CCSCCn1cc(S(=O)(=O)Cl)c([N+](=O)[O-])n1. The highest BCUT2D eigenvalue weighted by Crippen LogP contribution is 2.24. The van der Waals surface area contributed by atoms with Crippen molar-refractivity contribution < 1.29 is 13.3 Å². The summed E-state index contributed by atoms with van der Waals surface area (Å²) in [6, 6.07) is 0. The number of hydrogen-bond acceptors (Lipinski definition) is 6. The molecule has 7 nitrogen and oxygen atoms in total. The molecule has 0 spiro atoms. The van der Waals surface area contributed by atoms with E-state index < -0.39 is 24.7 Å². The van der Waals surface area contributed by atoms with E-state index in [1.54, 1.807) is 11.8 Å². The average molecular weight is 300 g/mol. The summed E-state index contributed by atoms with van der Waals surface area (Å²) >= 11 is 1.62. The first-order chi connectivity index (χ1) is 7.86. The van der Waals surface area contributed by atoms with Crippen LogP contribution in [0, 0.1) is 10.1 Å². The minimum Gasteiger partial charge on any atom is -0.358 e. The lowest BCUT2D eigenvalue weighted by Gasteiger charge is -1.94. The van der Waals surface area contributed by atoms with Crippen LogP contribution in [0.25, 0.3) is 0 Å². The van der Waals surface area contributed by atoms with E-state index in [1.165, 1.54) is 4.68 Å². The lowest BCUT2D eigenvalue weighted by Crippen LogP contribution is -2.01. The molecule has 17 heavy (non-hydrogen) atoms. The van der Waals surface area contributed by atoms with Gasteiger partial charge < -0.3 is 10.1 Å². The fourth-order valence-electron chi connectivity index (χ4n) is 1.11. The van der Waals surface area contributed by atoms with Gasteiger partial charge in [0.2, 0.25) is 4.90 Å². The number of nitro groups is 1. The second-order valence-corrected chi connectivity index (χ2v) is 6.90. The average Bonchev–Trinajstić information content (AvgIpc) is 2.62. The van der Waals surface area contributed by atoms with E-state index in [0.717, 1.165) is 11.9 Å². The number of nitrogens with zero attached hydrogens (tertiary/aromatic N) is 3. The fraction of sp³-hybridized carbons (Fsp3) is 0.571. The van der Waals surface area contributed by atoms with Gasteiger partial charge in [0.1, 0.15) is 0 Å². The van der Waals surface area contributed by atoms with Crippen molar-refractivity contribution in [3.63, 3.8) is 0 Å². The van der Waals surface area contributed by atoms with Gasteiger partial charge in [-0.3, -0.25) is 0 Å². The summed E-state index contributed by atoms with van der Waals surface area (Å²) in [5.74, 6) is 0.864. The van der Waals surface area contributed by atoms with Crippen molar-refractivity contribution in [2.24, 2.45) is 0 Å². The fourth-order valence-corrected chi connectivity index (χ4v) is 2.62. The largest absolute Gasteiger partial charge is 0.410 e. The molecule has 1 aromatic heterocycles. The van der Waals surface area contributed by atoms with Crippen molar-refractivity contribution in [3.05, 3.63) is 16.3 Å². The van der Waals surface area contributed by atoms with E-state index in [1.807, 2.05) is 6.92 Å². The quantitative estimate of drug-likeness (QED) is 0.342. The van der Waals surface area contributed by atoms with Crippen molar-refractivity contribution in [2.45, 2.75) is 18.4 Å². The number of rotatable bonds is 6. The maximum Gasteiger partial charge on any atom is 0.410 e. The van der Waals surface area contributed by atoms with Gasteiger partial charge in [0, 0.05) is 16.4 Å². The third kappa shape index (κ3) is 3.86. The molecule has 0 unspecified atom stereocenters. The molecule has 0 N–H and O–H groups in total. The maximum absolute atomic E-state index is 11.1. The molecule has 0 radical (unpaired) electrons. The molecule has 1 heterocycles. The molecule has 0 saturated heterocycles. The van der Waals surface area contributed by atoms with E-state index in [4.69, 9.17) is 10.7 Å². The first kappa shape index (κ1) is 14.3. The lowest BCUT2D eigenvalue weighted by molar-refractivity contribution is -0.392. The summed E-state index contributed by atoms with van der Waals surface area (Å²) < 4.78 is 23.4. The highest BCUT2D eigenvalue weighted by Gasteiger charge is 2.29. The molecule has 0 aromatic carbocycles. The zero-order valence-electron chi connectivity index (χ0n) is 8.87. The first-order valence-electron chi connectivity index (χ1n) is 4.60. The summed E-state index contributed by atoms with van der Waals surface area (Å²) in [7, 11) is 0.944. The molecule has 0 aliphatic rings. The van der Waals surface area contributed by atoms with Crippen molar-refractivity contribution in [1.29, 1.82) is 0 Å². The Morgan fingerprint density at radius 3 is 2.71 bits per heavy atom. The Balaban J connectivity index is 3.01. The minimum atomic E-state index is -4.15. The molecule has 0 fully saturated rings. The zero-order chi connectivity index (χ0) is 13.1. The van der Waals surface area contributed by atoms with Crippen molar-refractivity contribution in [1.82, 2.24) is 9.78 Å². The van der Waals surface area contributed by atoms with Crippen LogP contribution in [0.1, 0.15) is 6.92 Å². The van der Waals surface area contributed by atoms with Crippen LogP contribution in [0.15, 0.2) is 11.1 Å². The Labute approximate surface area is 107 Å². The molecule has 1 aromatic rings. The summed E-state index contributed by atoms with van der Waals surface area (Å²) in [6.45, 7) is 2.37. The van der Waals surface area contributed by atoms with Crippen molar-refractivity contribution >= 4 is 37.3 Å². The maximum atomic E-state index is 11.1. The Morgan fingerprint density at radius 1 is 1.65 bits per heavy atom. The second-order valence-electron chi connectivity index (χ2n) is 2.97. The number of thioether (sulfide) groups is 1. The van der Waals surface area contributed by atoms with E-state index in [-0.39, 0.29) is 0 Å². The number of hydrogen-bond donors (Lipinski definition) is 0. The Bertz CT molecular complexity index is 513. The zero-order valence-corrected chi connectivity index (χ0v) is 11.3. The summed E-state index contributed by atoms with van der Waals surface area (Å²) in [6.07, 6.45) is 1.08. The Kier molecular flexibility index (Phi) is 4.78.